The lowest BCUT2D eigenvalue weighted by Crippen LogP contribution is -1.96. The van der Waals surface area contributed by atoms with Gasteiger partial charge in [-0.3, -0.25) is 0 Å². The number of hydrogen-bond donors (Lipinski definition) is 1. The van der Waals surface area contributed by atoms with Crippen molar-refractivity contribution < 1.29 is 5.11 Å². The predicted molar refractivity (Wildman–Crippen MR) is 68.5 cm³/mol. The van der Waals surface area contributed by atoms with Crippen LogP contribution in [0.1, 0.15) is 11.5 Å². The molecule has 0 saturated carbocycles. The van der Waals surface area contributed by atoms with E-state index >= 15 is 0 Å². The van der Waals surface area contributed by atoms with E-state index < -0.39 is 0 Å². The lowest BCUT2D eigenvalue weighted by Gasteiger charge is -2.13. The zero-order valence-corrected chi connectivity index (χ0v) is 9.32. The van der Waals surface area contributed by atoms with Gasteiger partial charge in [-0.2, -0.15) is 0 Å². The summed E-state index contributed by atoms with van der Waals surface area (Å²) in [6.07, 6.45) is 12.0. The van der Waals surface area contributed by atoms with Crippen molar-refractivity contribution in [3.63, 3.8) is 0 Å². The molecule has 2 aromatic rings. The number of hydrogen-bond acceptors (Lipinski definition) is 1. The van der Waals surface area contributed by atoms with Crippen molar-refractivity contribution in [2.75, 3.05) is 0 Å². The van der Waals surface area contributed by atoms with Crippen LogP contribution in [0.3, 0.4) is 0 Å². The van der Waals surface area contributed by atoms with Crippen LogP contribution < -0.4 is 0 Å². The highest BCUT2D eigenvalue weighted by Crippen LogP contribution is 2.34. The number of rotatable bonds is 2. The topological polar surface area (TPSA) is 25.2 Å². The summed E-state index contributed by atoms with van der Waals surface area (Å²) in [6.45, 7) is 0. The maximum Gasteiger partial charge on any atom is 0.143 e. The number of nitrogens with zero attached hydrogens (tertiary/aromatic N) is 1. The average Bonchev–Trinajstić information content (AvgIpc) is 3.02. The number of benzene rings is 1. The van der Waals surface area contributed by atoms with Gasteiger partial charge in [0.2, 0.25) is 0 Å². The summed E-state index contributed by atoms with van der Waals surface area (Å²) >= 11 is 0. The lowest BCUT2D eigenvalue weighted by atomic mass is 9.99. The van der Waals surface area contributed by atoms with Gasteiger partial charge in [-0.25, -0.2) is 0 Å². The third-order valence-electron chi connectivity index (χ3n) is 3.04. The molecule has 0 spiro atoms. The standard InChI is InChI=1S/C15H13NO/c17-15-13(12-6-1-2-7-12)8-5-9-14(15)16-10-3-4-11-16/h1-12,17H. The first kappa shape index (κ1) is 9.97. The van der Waals surface area contributed by atoms with Crippen molar-refractivity contribution >= 4 is 0 Å². The van der Waals surface area contributed by atoms with Crippen molar-refractivity contribution in [2.24, 2.45) is 0 Å². The zero-order chi connectivity index (χ0) is 11.7. The summed E-state index contributed by atoms with van der Waals surface area (Å²) in [6, 6.07) is 9.75. The van der Waals surface area contributed by atoms with Gasteiger partial charge in [0, 0.05) is 23.9 Å². The third kappa shape index (κ3) is 1.68. The average molecular weight is 223 g/mol. The Hall–Kier alpha value is -2.22. The second-order valence-corrected chi connectivity index (χ2v) is 4.10. The number of para-hydroxylation sites is 1. The van der Waals surface area contributed by atoms with Crippen LogP contribution in [0.2, 0.25) is 0 Å². The molecule has 2 heteroatoms. The minimum absolute atomic E-state index is 0.186. The first-order valence-electron chi connectivity index (χ1n) is 5.66. The number of allylic oxidation sites excluding steroid dienone is 4. The molecule has 0 atom stereocenters. The van der Waals surface area contributed by atoms with Crippen LogP contribution in [0.15, 0.2) is 67.0 Å². The van der Waals surface area contributed by atoms with Crippen molar-refractivity contribution in [1.29, 1.82) is 0 Å². The van der Waals surface area contributed by atoms with E-state index in [-0.39, 0.29) is 5.92 Å². The van der Waals surface area contributed by atoms with Crippen LogP contribution in [-0.4, -0.2) is 9.67 Å². The summed E-state index contributed by atoms with van der Waals surface area (Å²) in [5.41, 5.74) is 1.77. The third-order valence-corrected chi connectivity index (χ3v) is 3.04. The molecule has 1 heterocycles. The van der Waals surface area contributed by atoms with Gasteiger partial charge in [-0.05, 0) is 18.2 Å². The minimum Gasteiger partial charge on any atom is -0.505 e. The summed E-state index contributed by atoms with van der Waals surface area (Å²) in [4.78, 5) is 0. The maximum atomic E-state index is 10.3. The molecule has 1 aliphatic rings. The predicted octanol–water partition coefficient (Wildman–Crippen LogP) is 3.39. The molecule has 84 valence electrons. The van der Waals surface area contributed by atoms with Gasteiger partial charge in [-0.15, -0.1) is 0 Å². The van der Waals surface area contributed by atoms with Crippen molar-refractivity contribution in [2.45, 2.75) is 5.92 Å². The SMILES string of the molecule is Oc1c(C2C=CC=C2)cccc1-n1cccc1. The Balaban J connectivity index is 2.10. The van der Waals surface area contributed by atoms with Gasteiger partial charge in [0.25, 0.3) is 0 Å². The van der Waals surface area contributed by atoms with Crippen LogP contribution in [0.5, 0.6) is 5.75 Å². The molecule has 2 nitrogen and oxygen atoms in total. The van der Waals surface area contributed by atoms with E-state index in [0.717, 1.165) is 11.3 Å². The monoisotopic (exact) mass is 223 g/mol. The summed E-state index contributed by atoms with van der Waals surface area (Å²) in [5, 5.41) is 10.3. The fourth-order valence-corrected chi connectivity index (χ4v) is 2.16. The highest BCUT2D eigenvalue weighted by atomic mass is 16.3. The molecule has 1 N–H and O–H groups in total. The van der Waals surface area contributed by atoms with E-state index in [9.17, 15) is 5.11 Å². The van der Waals surface area contributed by atoms with Crippen LogP contribution in [-0.2, 0) is 0 Å². The molecule has 0 aliphatic heterocycles. The molecule has 1 aliphatic carbocycles. The van der Waals surface area contributed by atoms with Gasteiger partial charge in [0.05, 0.1) is 5.69 Å². The first-order valence-corrected chi connectivity index (χ1v) is 5.66. The van der Waals surface area contributed by atoms with Gasteiger partial charge in [-0.1, -0.05) is 36.4 Å². The van der Waals surface area contributed by atoms with Crippen molar-refractivity contribution in [1.82, 2.24) is 4.57 Å². The van der Waals surface area contributed by atoms with Crippen LogP contribution >= 0.6 is 0 Å². The Morgan fingerprint density at radius 2 is 1.65 bits per heavy atom. The highest BCUT2D eigenvalue weighted by molar-refractivity contribution is 5.55. The largest absolute Gasteiger partial charge is 0.505 e. The van der Waals surface area contributed by atoms with Crippen molar-refractivity contribution in [3.05, 3.63) is 72.6 Å². The second kappa shape index (κ2) is 3.98. The molecule has 3 rings (SSSR count). The van der Waals surface area contributed by atoms with E-state index in [2.05, 4.69) is 12.2 Å². The van der Waals surface area contributed by atoms with E-state index in [1.165, 1.54) is 0 Å². The van der Waals surface area contributed by atoms with E-state index in [1.807, 2.05) is 59.4 Å². The van der Waals surface area contributed by atoms with Gasteiger partial charge < -0.3 is 9.67 Å². The summed E-state index contributed by atoms with van der Waals surface area (Å²) in [7, 11) is 0. The molecular formula is C15H13NO. The van der Waals surface area contributed by atoms with Crippen LogP contribution in [0.4, 0.5) is 0 Å². The fraction of sp³-hybridized carbons (Fsp3) is 0.0667. The number of aromatic hydroxyl groups is 1. The normalized spacial score (nSPS) is 14.6. The Kier molecular flexibility index (Phi) is 2.33. The van der Waals surface area contributed by atoms with Gasteiger partial charge >= 0.3 is 0 Å². The Bertz CT molecular complexity index is 567. The molecule has 0 amide bonds. The maximum absolute atomic E-state index is 10.3. The molecule has 0 bridgehead atoms. The van der Waals surface area contributed by atoms with Gasteiger partial charge in [0.1, 0.15) is 5.75 Å². The molecular weight excluding hydrogens is 210 g/mol. The molecule has 0 unspecified atom stereocenters. The summed E-state index contributed by atoms with van der Waals surface area (Å²) in [5.74, 6) is 0.537. The molecule has 17 heavy (non-hydrogen) atoms. The lowest BCUT2D eigenvalue weighted by molar-refractivity contribution is 0.465. The van der Waals surface area contributed by atoms with E-state index in [0.29, 0.717) is 5.75 Å². The molecule has 0 radical (unpaired) electrons. The molecule has 0 fully saturated rings. The van der Waals surface area contributed by atoms with Crippen LogP contribution in [0, 0.1) is 0 Å². The van der Waals surface area contributed by atoms with Gasteiger partial charge in [0.15, 0.2) is 0 Å². The number of phenols is 1. The molecule has 1 aromatic carbocycles. The number of phenolic OH excluding ortho intramolecular Hbond substituents is 1. The highest BCUT2D eigenvalue weighted by Gasteiger charge is 2.14. The number of aromatic nitrogens is 1. The molecule has 1 aromatic heterocycles. The van der Waals surface area contributed by atoms with E-state index in [1.54, 1.807) is 0 Å². The Morgan fingerprint density at radius 3 is 2.35 bits per heavy atom. The second-order valence-electron chi connectivity index (χ2n) is 4.10. The zero-order valence-electron chi connectivity index (χ0n) is 9.32. The Labute approximate surface area is 100 Å². The van der Waals surface area contributed by atoms with Crippen molar-refractivity contribution in [3.8, 4) is 11.4 Å². The van der Waals surface area contributed by atoms with Crippen LogP contribution in [0.25, 0.3) is 5.69 Å². The quantitative estimate of drug-likeness (QED) is 0.829. The first-order chi connectivity index (χ1) is 8.36. The smallest absolute Gasteiger partial charge is 0.143 e. The summed E-state index contributed by atoms with van der Waals surface area (Å²) < 4.78 is 1.92. The minimum atomic E-state index is 0.186. The Morgan fingerprint density at radius 1 is 0.941 bits per heavy atom. The molecule has 0 saturated heterocycles. The van der Waals surface area contributed by atoms with E-state index in [4.69, 9.17) is 0 Å². The fourth-order valence-electron chi connectivity index (χ4n) is 2.16.